The van der Waals surface area contributed by atoms with Gasteiger partial charge in [0, 0.05) is 45.2 Å². The maximum Gasteiger partial charge on any atom is 0.317 e. The predicted octanol–water partition coefficient (Wildman–Crippen LogP) is 1.73. The van der Waals surface area contributed by atoms with Crippen LogP contribution in [-0.2, 0) is 17.8 Å². The van der Waals surface area contributed by atoms with Gasteiger partial charge in [-0.25, -0.2) is 4.79 Å². The molecule has 2 aliphatic heterocycles. The maximum absolute atomic E-state index is 12.4. The van der Waals surface area contributed by atoms with E-state index in [0.29, 0.717) is 25.4 Å². The summed E-state index contributed by atoms with van der Waals surface area (Å²) in [6.07, 6.45) is 3.20. The van der Waals surface area contributed by atoms with Gasteiger partial charge >= 0.3 is 6.03 Å². The van der Waals surface area contributed by atoms with E-state index in [1.54, 1.807) is 0 Å². The van der Waals surface area contributed by atoms with Crippen LogP contribution in [0.3, 0.4) is 0 Å². The molecule has 3 amide bonds. The second-order valence-corrected chi connectivity index (χ2v) is 7.50. The summed E-state index contributed by atoms with van der Waals surface area (Å²) in [4.78, 5) is 28.4. The van der Waals surface area contributed by atoms with E-state index in [9.17, 15) is 9.59 Å². The van der Waals surface area contributed by atoms with Crippen molar-refractivity contribution < 1.29 is 9.59 Å². The van der Waals surface area contributed by atoms with Gasteiger partial charge < -0.3 is 20.9 Å². The van der Waals surface area contributed by atoms with Gasteiger partial charge in [-0.05, 0) is 43.2 Å². The summed E-state index contributed by atoms with van der Waals surface area (Å²) in [5.74, 6) is 0.637. The van der Waals surface area contributed by atoms with Crippen molar-refractivity contribution in [2.75, 3.05) is 26.2 Å². The Hall–Kier alpha value is -2.08. The number of carbonyl (C=O) groups is 2. The van der Waals surface area contributed by atoms with Crippen molar-refractivity contribution in [3.05, 3.63) is 35.4 Å². The standard InChI is InChI=1S/C20H30N4O2/c1-15(21)16-7-11-23(12-8-16)19(25)6-10-22-20(26)24-13-9-17-4-2-3-5-18(17)14-24/h2-5,15-16H,6-14,21H2,1H3,(H,22,26). The highest BCUT2D eigenvalue weighted by atomic mass is 16.2. The summed E-state index contributed by atoms with van der Waals surface area (Å²) in [5, 5.41) is 2.90. The molecule has 1 fully saturated rings. The minimum absolute atomic E-state index is 0.0806. The first kappa shape index (κ1) is 18.7. The summed E-state index contributed by atoms with van der Waals surface area (Å²) < 4.78 is 0. The van der Waals surface area contributed by atoms with Crippen molar-refractivity contribution in [2.24, 2.45) is 11.7 Å². The lowest BCUT2D eigenvalue weighted by Gasteiger charge is -2.34. The highest BCUT2D eigenvalue weighted by molar-refractivity contribution is 5.78. The van der Waals surface area contributed by atoms with E-state index in [1.807, 2.05) is 28.9 Å². The Morgan fingerprint density at radius 2 is 1.85 bits per heavy atom. The zero-order valence-corrected chi connectivity index (χ0v) is 15.6. The number of likely N-dealkylation sites (tertiary alicyclic amines) is 1. The van der Waals surface area contributed by atoms with Crippen LogP contribution >= 0.6 is 0 Å². The summed E-state index contributed by atoms with van der Waals surface area (Å²) in [6, 6.07) is 8.36. The fourth-order valence-corrected chi connectivity index (χ4v) is 3.89. The molecule has 1 atom stereocenters. The maximum atomic E-state index is 12.4. The van der Waals surface area contributed by atoms with Gasteiger partial charge in [0.25, 0.3) is 0 Å². The highest BCUT2D eigenvalue weighted by Gasteiger charge is 2.25. The molecule has 6 heteroatoms. The molecule has 142 valence electrons. The number of nitrogens with one attached hydrogen (secondary N) is 1. The molecule has 1 unspecified atom stereocenters. The number of benzene rings is 1. The van der Waals surface area contributed by atoms with Gasteiger partial charge in [0.05, 0.1) is 0 Å². The number of fused-ring (bicyclic) bond motifs is 1. The lowest BCUT2D eigenvalue weighted by molar-refractivity contribution is -0.132. The van der Waals surface area contributed by atoms with Crippen LogP contribution in [0, 0.1) is 5.92 Å². The van der Waals surface area contributed by atoms with Crippen molar-refractivity contribution in [3.8, 4) is 0 Å². The molecule has 0 aliphatic carbocycles. The third-order valence-corrected chi connectivity index (χ3v) is 5.67. The lowest BCUT2D eigenvalue weighted by atomic mass is 9.91. The number of urea groups is 1. The van der Waals surface area contributed by atoms with Crippen LogP contribution in [0.5, 0.6) is 0 Å². The molecule has 0 radical (unpaired) electrons. The van der Waals surface area contributed by atoms with Crippen LogP contribution in [0.15, 0.2) is 24.3 Å². The molecule has 1 aromatic rings. The molecule has 0 spiro atoms. The number of amides is 3. The predicted molar refractivity (Wildman–Crippen MR) is 102 cm³/mol. The SMILES string of the molecule is CC(N)C1CCN(C(=O)CCNC(=O)N2CCc3ccccc3C2)CC1. The Morgan fingerprint density at radius 3 is 2.54 bits per heavy atom. The topological polar surface area (TPSA) is 78.7 Å². The van der Waals surface area contributed by atoms with Crippen LogP contribution in [0.1, 0.15) is 37.3 Å². The lowest BCUT2D eigenvalue weighted by Crippen LogP contribution is -2.45. The van der Waals surface area contributed by atoms with E-state index in [2.05, 4.69) is 17.4 Å². The Labute approximate surface area is 155 Å². The average molecular weight is 358 g/mol. The molecule has 0 bridgehead atoms. The minimum atomic E-state index is -0.0806. The molecule has 6 nitrogen and oxygen atoms in total. The monoisotopic (exact) mass is 358 g/mol. The molecule has 0 aromatic heterocycles. The third kappa shape index (κ3) is 4.55. The van der Waals surface area contributed by atoms with Crippen molar-refractivity contribution in [2.45, 2.75) is 45.2 Å². The van der Waals surface area contributed by atoms with E-state index < -0.39 is 0 Å². The molecular formula is C20H30N4O2. The molecule has 1 aromatic carbocycles. The van der Waals surface area contributed by atoms with Gasteiger partial charge in [-0.3, -0.25) is 4.79 Å². The number of piperidine rings is 1. The fraction of sp³-hybridized carbons (Fsp3) is 0.600. The number of carbonyl (C=O) groups excluding carboxylic acids is 2. The van der Waals surface area contributed by atoms with E-state index >= 15 is 0 Å². The number of rotatable bonds is 4. The summed E-state index contributed by atoms with van der Waals surface area (Å²) in [5.41, 5.74) is 8.48. The Morgan fingerprint density at radius 1 is 1.15 bits per heavy atom. The van der Waals surface area contributed by atoms with E-state index in [1.165, 1.54) is 11.1 Å². The molecule has 3 rings (SSSR count). The number of hydrogen-bond donors (Lipinski definition) is 2. The van der Waals surface area contributed by atoms with Gasteiger partial charge in [0.15, 0.2) is 0 Å². The van der Waals surface area contributed by atoms with E-state index in [-0.39, 0.29) is 18.0 Å². The molecule has 26 heavy (non-hydrogen) atoms. The minimum Gasteiger partial charge on any atom is -0.343 e. The second-order valence-electron chi connectivity index (χ2n) is 7.50. The third-order valence-electron chi connectivity index (χ3n) is 5.67. The largest absolute Gasteiger partial charge is 0.343 e. The Bertz CT molecular complexity index is 638. The first-order valence-corrected chi connectivity index (χ1v) is 9.67. The number of nitrogens with two attached hydrogens (primary N) is 1. The van der Waals surface area contributed by atoms with E-state index in [4.69, 9.17) is 5.73 Å². The van der Waals surface area contributed by atoms with Gasteiger partial charge in [0.2, 0.25) is 5.91 Å². The van der Waals surface area contributed by atoms with Crippen LogP contribution in [-0.4, -0.2) is 54.0 Å². The smallest absolute Gasteiger partial charge is 0.317 e. The Balaban J connectivity index is 1.38. The normalized spacial score (nSPS) is 19.0. The molecule has 2 aliphatic rings. The van der Waals surface area contributed by atoms with Crippen LogP contribution in [0.25, 0.3) is 0 Å². The highest BCUT2D eigenvalue weighted by Crippen LogP contribution is 2.20. The second kappa shape index (κ2) is 8.54. The zero-order chi connectivity index (χ0) is 18.5. The molecular weight excluding hydrogens is 328 g/mol. The first-order valence-electron chi connectivity index (χ1n) is 9.67. The van der Waals surface area contributed by atoms with Gasteiger partial charge in [-0.1, -0.05) is 24.3 Å². The van der Waals surface area contributed by atoms with Crippen LogP contribution in [0.4, 0.5) is 4.79 Å². The van der Waals surface area contributed by atoms with Gasteiger partial charge in [0.1, 0.15) is 0 Å². The quantitative estimate of drug-likeness (QED) is 0.860. The van der Waals surface area contributed by atoms with E-state index in [0.717, 1.165) is 38.9 Å². The number of nitrogens with zero attached hydrogens (tertiary/aromatic N) is 2. The average Bonchev–Trinajstić information content (AvgIpc) is 2.67. The molecule has 0 saturated carbocycles. The summed E-state index contributed by atoms with van der Waals surface area (Å²) in [7, 11) is 0. The first-order chi connectivity index (χ1) is 12.5. The van der Waals surface area contributed by atoms with Gasteiger partial charge in [-0.15, -0.1) is 0 Å². The van der Waals surface area contributed by atoms with Gasteiger partial charge in [-0.2, -0.15) is 0 Å². The summed E-state index contributed by atoms with van der Waals surface area (Å²) in [6.45, 7) is 5.35. The van der Waals surface area contributed by atoms with Crippen LogP contribution in [0.2, 0.25) is 0 Å². The molecule has 3 N–H and O–H groups in total. The van der Waals surface area contributed by atoms with Crippen molar-refractivity contribution >= 4 is 11.9 Å². The Kier molecular flexibility index (Phi) is 6.14. The van der Waals surface area contributed by atoms with Crippen molar-refractivity contribution in [1.29, 1.82) is 0 Å². The summed E-state index contributed by atoms with van der Waals surface area (Å²) >= 11 is 0. The fourth-order valence-electron chi connectivity index (χ4n) is 3.89. The number of hydrogen-bond acceptors (Lipinski definition) is 3. The molecule has 1 saturated heterocycles. The van der Waals surface area contributed by atoms with Crippen LogP contribution < -0.4 is 11.1 Å². The van der Waals surface area contributed by atoms with Crippen molar-refractivity contribution in [3.63, 3.8) is 0 Å². The van der Waals surface area contributed by atoms with Crippen molar-refractivity contribution in [1.82, 2.24) is 15.1 Å². The zero-order valence-electron chi connectivity index (χ0n) is 15.6. The molecule has 2 heterocycles.